The zero-order valence-corrected chi connectivity index (χ0v) is 15.0. The lowest BCUT2D eigenvalue weighted by Gasteiger charge is -2.07. The van der Waals surface area contributed by atoms with Gasteiger partial charge in [0.15, 0.2) is 5.78 Å². The molecule has 2 rings (SSSR count). The molecule has 25 heavy (non-hydrogen) atoms. The van der Waals surface area contributed by atoms with Crippen LogP contribution in [0.4, 0.5) is 0 Å². The highest BCUT2D eigenvalue weighted by Crippen LogP contribution is 2.30. The molecule has 0 aliphatic heterocycles. The van der Waals surface area contributed by atoms with Crippen LogP contribution in [0.1, 0.15) is 68.6 Å². The van der Waals surface area contributed by atoms with Gasteiger partial charge in [0.05, 0.1) is 12.5 Å². The Bertz CT molecular complexity index is 775. The van der Waals surface area contributed by atoms with Crippen molar-refractivity contribution in [2.24, 2.45) is 0 Å². The number of hydrogen-bond donors (Lipinski definition) is 1. The summed E-state index contributed by atoms with van der Waals surface area (Å²) in [7, 11) is 1.50. The third-order valence-electron chi connectivity index (χ3n) is 4.37. The average Bonchev–Trinajstić information content (AvgIpc) is 2.60. The van der Waals surface area contributed by atoms with Gasteiger partial charge in [0.1, 0.15) is 22.6 Å². The number of aromatic hydroxyl groups is 1. The molecule has 0 spiro atoms. The van der Waals surface area contributed by atoms with Crippen LogP contribution in [0.3, 0.4) is 0 Å². The summed E-state index contributed by atoms with van der Waals surface area (Å²) >= 11 is 0. The lowest BCUT2D eigenvalue weighted by atomic mass is 10.0. The predicted molar refractivity (Wildman–Crippen MR) is 97.6 cm³/mol. The standard InChI is InChI=1S/C20H26O5/c1-3-4-5-6-7-8-9-10-16(21)18-19(22)15-12-11-14(24-2)13-17(15)25-20(18)23/h11-13,22H,3-10H2,1-2H3. The first-order valence-corrected chi connectivity index (χ1v) is 8.95. The van der Waals surface area contributed by atoms with E-state index in [1.807, 2.05) is 0 Å². The van der Waals surface area contributed by atoms with Gasteiger partial charge in [-0.05, 0) is 18.6 Å². The zero-order valence-electron chi connectivity index (χ0n) is 15.0. The lowest BCUT2D eigenvalue weighted by Crippen LogP contribution is -2.14. The van der Waals surface area contributed by atoms with Crippen LogP contribution in [0, 0.1) is 0 Å². The summed E-state index contributed by atoms with van der Waals surface area (Å²) in [5.41, 5.74) is -0.843. The highest BCUT2D eigenvalue weighted by Gasteiger charge is 2.20. The predicted octanol–water partition coefficient (Wildman–Crippen LogP) is 4.83. The molecule has 0 radical (unpaired) electrons. The summed E-state index contributed by atoms with van der Waals surface area (Å²) in [4.78, 5) is 24.5. The van der Waals surface area contributed by atoms with Crippen molar-refractivity contribution in [3.8, 4) is 11.5 Å². The normalized spacial score (nSPS) is 11.0. The fourth-order valence-electron chi connectivity index (χ4n) is 2.91. The molecule has 1 aromatic carbocycles. The third kappa shape index (κ3) is 4.84. The Morgan fingerprint density at radius 2 is 1.80 bits per heavy atom. The van der Waals surface area contributed by atoms with Crippen molar-refractivity contribution in [2.75, 3.05) is 7.11 Å². The largest absolute Gasteiger partial charge is 0.506 e. The third-order valence-corrected chi connectivity index (χ3v) is 4.37. The summed E-state index contributed by atoms with van der Waals surface area (Å²) in [6, 6.07) is 4.74. The Balaban J connectivity index is 2.04. The Labute approximate surface area is 147 Å². The van der Waals surface area contributed by atoms with Gasteiger partial charge < -0.3 is 14.3 Å². The van der Waals surface area contributed by atoms with Gasteiger partial charge in [-0.3, -0.25) is 4.79 Å². The Morgan fingerprint density at radius 1 is 1.12 bits per heavy atom. The summed E-state index contributed by atoms with van der Waals surface area (Å²) in [6.45, 7) is 2.18. The van der Waals surface area contributed by atoms with Crippen LogP contribution in [-0.2, 0) is 0 Å². The van der Waals surface area contributed by atoms with E-state index in [2.05, 4.69) is 6.92 Å². The number of ether oxygens (including phenoxy) is 1. The molecular formula is C20H26O5. The number of carbonyl (C=O) groups is 1. The SMILES string of the molecule is CCCCCCCCCC(=O)c1c(O)c2ccc(OC)cc2oc1=O. The number of Topliss-reactive ketones (excluding diaryl/α,β-unsaturated/α-hetero) is 1. The maximum Gasteiger partial charge on any atom is 0.351 e. The maximum absolute atomic E-state index is 12.3. The Morgan fingerprint density at radius 3 is 2.48 bits per heavy atom. The van der Waals surface area contributed by atoms with Gasteiger partial charge >= 0.3 is 5.63 Å². The molecule has 0 bridgehead atoms. The lowest BCUT2D eigenvalue weighted by molar-refractivity contribution is 0.0973. The molecule has 1 aromatic heterocycles. The number of methoxy groups -OCH3 is 1. The smallest absolute Gasteiger partial charge is 0.351 e. The van der Waals surface area contributed by atoms with E-state index in [-0.39, 0.29) is 29.1 Å². The van der Waals surface area contributed by atoms with Crippen LogP contribution < -0.4 is 10.4 Å². The molecule has 5 heteroatoms. The average molecular weight is 346 g/mol. The zero-order chi connectivity index (χ0) is 18.2. The first-order valence-electron chi connectivity index (χ1n) is 8.95. The monoisotopic (exact) mass is 346 g/mol. The molecule has 0 aliphatic carbocycles. The van der Waals surface area contributed by atoms with Gasteiger partial charge in [0.25, 0.3) is 0 Å². The van der Waals surface area contributed by atoms with Gasteiger partial charge in [-0.25, -0.2) is 4.79 Å². The van der Waals surface area contributed by atoms with E-state index in [1.54, 1.807) is 12.1 Å². The van der Waals surface area contributed by atoms with Crippen molar-refractivity contribution < 1.29 is 19.1 Å². The Kier molecular flexibility index (Phi) is 7.04. The minimum absolute atomic E-state index is 0.203. The first-order chi connectivity index (χ1) is 12.1. The van der Waals surface area contributed by atoms with Crippen molar-refractivity contribution in [1.82, 2.24) is 0 Å². The van der Waals surface area contributed by atoms with E-state index in [0.29, 0.717) is 17.6 Å². The molecule has 1 N–H and O–H groups in total. The molecule has 136 valence electrons. The number of fused-ring (bicyclic) bond motifs is 1. The molecule has 0 unspecified atom stereocenters. The number of carbonyl (C=O) groups excluding carboxylic acids is 1. The first kappa shape index (κ1) is 19.0. The molecule has 0 atom stereocenters. The molecule has 2 aromatic rings. The van der Waals surface area contributed by atoms with Crippen LogP contribution in [0.5, 0.6) is 11.5 Å². The van der Waals surface area contributed by atoms with E-state index in [9.17, 15) is 14.7 Å². The summed E-state index contributed by atoms with van der Waals surface area (Å²) in [5.74, 6) is -0.156. The molecular weight excluding hydrogens is 320 g/mol. The number of benzene rings is 1. The van der Waals surface area contributed by atoms with E-state index in [4.69, 9.17) is 9.15 Å². The van der Waals surface area contributed by atoms with Crippen LogP contribution in [0.2, 0.25) is 0 Å². The topological polar surface area (TPSA) is 76.7 Å². The number of hydrogen-bond acceptors (Lipinski definition) is 5. The van der Waals surface area contributed by atoms with Gasteiger partial charge in [-0.2, -0.15) is 0 Å². The van der Waals surface area contributed by atoms with E-state index < -0.39 is 5.63 Å². The van der Waals surface area contributed by atoms with Gasteiger partial charge in [0, 0.05) is 12.5 Å². The molecule has 0 amide bonds. The molecule has 5 nitrogen and oxygen atoms in total. The second-order valence-corrected chi connectivity index (χ2v) is 6.27. The van der Waals surface area contributed by atoms with Crippen LogP contribution in [0.15, 0.2) is 27.4 Å². The molecule has 0 aliphatic rings. The van der Waals surface area contributed by atoms with Crippen molar-refractivity contribution in [3.05, 3.63) is 34.2 Å². The van der Waals surface area contributed by atoms with Crippen molar-refractivity contribution in [1.29, 1.82) is 0 Å². The fourth-order valence-corrected chi connectivity index (χ4v) is 2.91. The number of rotatable bonds is 10. The summed E-state index contributed by atoms with van der Waals surface area (Å²) in [5, 5.41) is 10.7. The summed E-state index contributed by atoms with van der Waals surface area (Å²) < 4.78 is 10.3. The number of ketones is 1. The Hall–Kier alpha value is -2.30. The van der Waals surface area contributed by atoms with Crippen molar-refractivity contribution in [3.63, 3.8) is 0 Å². The number of unbranched alkanes of at least 4 members (excludes halogenated alkanes) is 6. The second-order valence-electron chi connectivity index (χ2n) is 6.27. The highest BCUT2D eigenvalue weighted by atomic mass is 16.5. The van der Waals surface area contributed by atoms with Crippen LogP contribution in [-0.4, -0.2) is 18.0 Å². The van der Waals surface area contributed by atoms with Crippen LogP contribution >= 0.6 is 0 Å². The van der Waals surface area contributed by atoms with Crippen LogP contribution in [0.25, 0.3) is 11.0 Å². The molecule has 0 fully saturated rings. The highest BCUT2D eigenvalue weighted by molar-refractivity contribution is 6.02. The minimum atomic E-state index is -0.800. The van der Waals surface area contributed by atoms with Crippen molar-refractivity contribution >= 4 is 16.8 Å². The molecule has 0 saturated heterocycles. The van der Waals surface area contributed by atoms with Gasteiger partial charge in [-0.15, -0.1) is 0 Å². The van der Waals surface area contributed by atoms with E-state index in [1.165, 1.54) is 38.9 Å². The summed E-state index contributed by atoms with van der Waals surface area (Å²) in [6.07, 6.45) is 7.85. The van der Waals surface area contributed by atoms with Gasteiger partial charge in [0.2, 0.25) is 0 Å². The van der Waals surface area contributed by atoms with Gasteiger partial charge in [-0.1, -0.05) is 45.4 Å². The minimum Gasteiger partial charge on any atom is -0.506 e. The van der Waals surface area contributed by atoms with E-state index >= 15 is 0 Å². The van der Waals surface area contributed by atoms with E-state index in [0.717, 1.165) is 12.8 Å². The molecule has 1 heterocycles. The quantitative estimate of drug-likeness (QED) is 0.379. The maximum atomic E-state index is 12.3. The second kappa shape index (κ2) is 9.25. The fraction of sp³-hybridized carbons (Fsp3) is 0.500. The van der Waals surface area contributed by atoms with Crippen molar-refractivity contribution in [2.45, 2.75) is 58.3 Å². The molecule has 0 saturated carbocycles.